The highest BCUT2D eigenvalue weighted by Crippen LogP contribution is 2.23. The second-order valence-corrected chi connectivity index (χ2v) is 6.71. The lowest BCUT2D eigenvalue weighted by atomic mass is 10.1. The number of anilines is 2. The van der Waals surface area contributed by atoms with Crippen LogP contribution in [0, 0.1) is 0 Å². The van der Waals surface area contributed by atoms with Crippen LogP contribution >= 0.6 is 11.6 Å². The highest BCUT2D eigenvalue weighted by atomic mass is 35.5. The fraction of sp³-hybridized carbons (Fsp3) is 0.0870. The third-order valence-electron chi connectivity index (χ3n) is 4.11. The molecule has 0 fully saturated rings. The number of hydrogen-bond donors (Lipinski definition) is 2. The van der Waals surface area contributed by atoms with Crippen LogP contribution in [0.3, 0.4) is 0 Å². The molecule has 0 radical (unpaired) electrons. The lowest BCUT2D eigenvalue weighted by Gasteiger charge is -2.13. The molecule has 2 amide bonds. The van der Waals surface area contributed by atoms with Gasteiger partial charge in [-0.1, -0.05) is 23.7 Å². The van der Waals surface area contributed by atoms with Crippen LogP contribution in [0.2, 0.25) is 5.02 Å². The highest BCUT2D eigenvalue weighted by Gasteiger charge is 2.13. The minimum absolute atomic E-state index is 0.202. The van der Waals surface area contributed by atoms with Gasteiger partial charge in [0, 0.05) is 16.1 Å². The van der Waals surface area contributed by atoms with Crippen molar-refractivity contribution < 1.29 is 23.9 Å². The summed E-state index contributed by atoms with van der Waals surface area (Å²) in [5.41, 5.74) is 1.65. The molecule has 0 heterocycles. The molecule has 31 heavy (non-hydrogen) atoms. The van der Waals surface area contributed by atoms with Gasteiger partial charge in [0.15, 0.2) is 0 Å². The molecular formula is C23H19ClN2O5. The van der Waals surface area contributed by atoms with E-state index in [1.54, 1.807) is 55.5 Å². The van der Waals surface area contributed by atoms with Crippen LogP contribution in [-0.4, -0.2) is 24.6 Å². The summed E-state index contributed by atoms with van der Waals surface area (Å²) in [6.07, 6.45) is -0.815. The van der Waals surface area contributed by atoms with E-state index in [0.717, 1.165) is 0 Å². The summed E-state index contributed by atoms with van der Waals surface area (Å²) in [5, 5.41) is 6.07. The van der Waals surface area contributed by atoms with Gasteiger partial charge in [0.2, 0.25) is 0 Å². The predicted octanol–water partition coefficient (Wildman–Crippen LogP) is 5.38. The summed E-state index contributed by atoms with van der Waals surface area (Å²) in [5.74, 6) is -0.472. The van der Waals surface area contributed by atoms with Crippen LogP contribution in [0.25, 0.3) is 0 Å². The topological polar surface area (TPSA) is 93.7 Å². The monoisotopic (exact) mass is 438 g/mol. The molecule has 0 unspecified atom stereocenters. The van der Waals surface area contributed by atoms with Gasteiger partial charge in [0.25, 0.3) is 11.8 Å². The number of ether oxygens (including phenoxy) is 2. The van der Waals surface area contributed by atoms with Crippen LogP contribution in [0.1, 0.15) is 27.6 Å². The number of amides is 2. The summed E-state index contributed by atoms with van der Waals surface area (Å²) < 4.78 is 9.68. The molecule has 2 N–H and O–H groups in total. The molecule has 7 nitrogen and oxygen atoms in total. The quantitative estimate of drug-likeness (QED) is 0.398. The van der Waals surface area contributed by atoms with Crippen molar-refractivity contribution in [3.8, 4) is 5.75 Å². The first kappa shape index (κ1) is 21.9. The Kier molecular flexibility index (Phi) is 7.24. The van der Waals surface area contributed by atoms with E-state index in [4.69, 9.17) is 21.1 Å². The second-order valence-electron chi connectivity index (χ2n) is 6.27. The molecule has 0 bridgehead atoms. The molecule has 3 aromatic carbocycles. The molecule has 0 saturated carbocycles. The maximum absolute atomic E-state index is 12.6. The zero-order chi connectivity index (χ0) is 22.2. The van der Waals surface area contributed by atoms with Gasteiger partial charge in [-0.2, -0.15) is 0 Å². The number of nitrogens with one attached hydrogen (secondary N) is 2. The zero-order valence-corrected chi connectivity index (χ0v) is 17.3. The largest absolute Gasteiger partial charge is 0.513 e. The Morgan fingerprint density at radius 3 is 1.74 bits per heavy atom. The van der Waals surface area contributed by atoms with Crippen molar-refractivity contribution in [2.75, 3.05) is 17.2 Å². The summed E-state index contributed by atoms with van der Waals surface area (Å²) in [7, 11) is 0. The molecule has 0 aromatic heterocycles. The Hall–Kier alpha value is -3.84. The molecule has 158 valence electrons. The first-order valence-corrected chi connectivity index (χ1v) is 9.76. The number of rotatable bonds is 6. The number of halogens is 1. The number of para-hydroxylation sites is 2. The van der Waals surface area contributed by atoms with Crippen molar-refractivity contribution in [2.45, 2.75) is 6.92 Å². The number of carbonyl (C=O) groups excluding carboxylic acids is 3. The molecule has 0 aliphatic rings. The summed E-state index contributed by atoms with van der Waals surface area (Å²) in [6.45, 7) is 1.87. The third-order valence-corrected chi connectivity index (χ3v) is 4.36. The van der Waals surface area contributed by atoms with Gasteiger partial charge in [-0.05, 0) is 67.6 Å². The van der Waals surface area contributed by atoms with Gasteiger partial charge in [0.1, 0.15) is 5.75 Å². The Bertz CT molecular complexity index is 1080. The van der Waals surface area contributed by atoms with Gasteiger partial charge >= 0.3 is 6.16 Å². The zero-order valence-electron chi connectivity index (χ0n) is 16.6. The van der Waals surface area contributed by atoms with Crippen LogP contribution in [0.15, 0.2) is 72.8 Å². The normalized spacial score (nSPS) is 10.1. The van der Waals surface area contributed by atoms with Gasteiger partial charge in [0.05, 0.1) is 18.0 Å². The first-order valence-electron chi connectivity index (χ1n) is 9.38. The van der Waals surface area contributed by atoms with Crippen molar-refractivity contribution >= 4 is 40.9 Å². The lowest BCUT2D eigenvalue weighted by Crippen LogP contribution is -2.16. The third kappa shape index (κ3) is 6.07. The Morgan fingerprint density at radius 1 is 0.774 bits per heavy atom. The summed E-state index contributed by atoms with van der Waals surface area (Å²) in [6, 6.07) is 19.3. The van der Waals surface area contributed by atoms with Crippen LogP contribution in [0.4, 0.5) is 16.2 Å². The minimum atomic E-state index is -0.815. The number of carbonyl (C=O) groups is 3. The molecular weight excluding hydrogens is 420 g/mol. The maximum atomic E-state index is 12.6. The Labute approximate surface area is 183 Å². The fourth-order valence-corrected chi connectivity index (χ4v) is 2.74. The first-order chi connectivity index (χ1) is 15.0. The standard InChI is InChI=1S/C23H19ClN2O5/c1-2-30-23(29)31-18-13-9-16(10-14-18)22(28)26-20-6-4-3-5-19(20)25-21(27)15-7-11-17(24)12-8-15/h3-14H,2H2,1H3,(H,25,27)(H,26,28). The molecule has 0 spiro atoms. The van der Waals surface area contributed by atoms with Gasteiger partial charge < -0.3 is 20.1 Å². The molecule has 3 aromatic rings. The molecule has 0 atom stereocenters. The van der Waals surface area contributed by atoms with Crippen LogP contribution in [0.5, 0.6) is 5.75 Å². The van der Waals surface area contributed by atoms with E-state index in [0.29, 0.717) is 27.5 Å². The minimum Gasteiger partial charge on any atom is -0.434 e. The summed E-state index contributed by atoms with van der Waals surface area (Å²) in [4.78, 5) is 36.5. The van der Waals surface area contributed by atoms with Gasteiger partial charge in [-0.15, -0.1) is 0 Å². The van der Waals surface area contributed by atoms with Crippen molar-refractivity contribution in [2.24, 2.45) is 0 Å². The molecule has 0 aliphatic heterocycles. The van der Waals surface area contributed by atoms with Crippen LogP contribution in [-0.2, 0) is 4.74 Å². The Balaban J connectivity index is 1.68. The van der Waals surface area contributed by atoms with Gasteiger partial charge in [-0.25, -0.2) is 4.79 Å². The van der Waals surface area contributed by atoms with Crippen molar-refractivity contribution in [3.05, 3.63) is 88.9 Å². The predicted molar refractivity (Wildman–Crippen MR) is 118 cm³/mol. The van der Waals surface area contributed by atoms with E-state index in [1.165, 1.54) is 24.3 Å². The van der Waals surface area contributed by atoms with E-state index in [9.17, 15) is 14.4 Å². The van der Waals surface area contributed by atoms with Crippen LogP contribution < -0.4 is 15.4 Å². The SMILES string of the molecule is CCOC(=O)Oc1ccc(C(=O)Nc2ccccc2NC(=O)c2ccc(Cl)cc2)cc1. The second kappa shape index (κ2) is 10.3. The summed E-state index contributed by atoms with van der Waals surface area (Å²) >= 11 is 5.86. The van der Waals surface area contributed by atoms with Crippen molar-refractivity contribution in [3.63, 3.8) is 0 Å². The number of benzene rings is 3. The molecule has 3 rings (SSSR count). The Morgan fingerprint density at radius 2 is 1.26 bits per heavy atom. The van der Waals surface area contributed by atoms with Crippen molar-refractivity contribution in [1.29, 1.82) is 0 Å². The molecule has 8 heteroatoms. The van der Waals surface area contributed by atoms with E-state index in [2.05, 4.69) is 10.6 Å². The highest BCUT2D eigenvalue weighted by molar-refractivity contribution is 6.30. The van der Waals surface area contributed by atoms with E-state index in [-0.39, 0.29) is 18.3 Å². The molecule has 0 saturated heterocycles. The number of hydrogen-bond acceptors (Lipinski definition) is 5. The fourth-order valence-electron chi connectivity index (χ4n) is 2.61. The molecule has 0 aliphatic carbocycles. The average Bonchev–Trinajstić information content (AvgIpc) is 2.76. The van der Waals surface area contributed by atoms with E-state index >= 15 is 0 Å². The van der Waals surface area contributed by atoms with E-state index in [1.807, 2.05) is 0 Å². The maximum Gasteiger partial charge on any atom is 0.513 e. The van der Waals surface area contributed by atoms with Crippen molar-refractivity contribution in [1.82, 2.24) is 0 Å². The van der Waals surface area contributed by atoms with Gasteiger partial charge in [-0.3, -0.25) is 9.59 Å². The smallest absolute Gasteiger partial charge is 0.434 e. The average molecular weight is 439 g/mol. The lowest BCUT2D eigenvalue weighted by molar-refractivity contribution is 0.101. The van der Waals surface area contributed by atoms with E-state index < -0.39 is 12.1 Å².